The van der Waals surface area contributed by atoms with Crippen molar-refractivity contribution in [1.29, 1.82) is 0 Å². The molecule has 3 rings (SSSR count). The number of benzene rings is 2. The van der Waals surface area contributed by atoms with Gasteiger partial charge in [-0.25, -0.2) is 0 Å². The maximum absolute atomic E-state index is 12.9. The summed E-state index contributed by atoms with van der Waals surface area (Å²) >= 11 is 7.58. The average molecular weight is 455 g/mol. The van der Waals surface area contributed by atoms with E-state index < -0.39 is 0 Å². The van der Waals surface area contributed by atoms with E-state index in [1.807, 2.05) is 66.1 Å². The fraction of sp³-hybridized carbons (Fsp3) is 0.292. The molecule has 162 valence electrons. The molecule has 0 unspecified atom stereocenters. The van der Waals surface area contributed by atoms with Crippen molar-refractivity contribution in [1.82, 2.24) is 20.1 Å². The van der Waals surface area contributed by atoms with Gasteiger partial charge in [-0.15, -0.1) is 16.8 Å². The highest BCUT2D eigenvalue weighted by Crippen LogP contribution is 2.28. The van der Waals surface area contributed by atoms with Crippen LogP contribution in [0.5, 0.6) is 0 Å². The van der Waals surface area contributed by atoms with E-state index in [1.165, 1.54) is 0 Å². The van der Waals surface area contributed by atoms with Crippen LogP contribution in [0.15, 0.2) is 66.3 Å². The van der Waals surface area contributed by atoms with E-state index in [2.05, 4.69) is 35.9 Å². The standard InChI is InChI=1S/C24H27ClN4OS/c1-5-14-29-22(27-28-24(29)31-15-18-8-12-20(25)13-9-18)21(16(2)3)26-23(30)19-10-6-17(4)7-11-19/h5-13,16,21H,1,14-15H2,2-4H3,(H,26,30)/t21-/m1/s1. The highest BCUT2D eigenvalue weighted by atomic mass is 35.5. The molecule has 0 aliphatic heterocycles. The van der Waals surface area contributed by atoms with E-state index in [-0.39, 0.29) is 17.9 Å². The minimum atomic E-state index is -0.272. The molecule has 0 aliphatic carbocycles. The number of carbonyl (C=O) groups excluding carboxylic acids is 1. The molecule has 0 bridgehead atoms. The monoisotopic (exact) mass is 454 g/mol. The van der Waals surface area contributed by atoms with Crippen LogP contribution in [0.1, 0.15) is 47.2 Å². The van der Waals surface area contributed by atoms with Crippen LogP contribution >= 0.6 is 23.4 Å². The van der Waals surface area contributed by atoms with Gasteiger partial charge in [0.05, 0.1) is 6.04 Å². The predicted octanol–water partition coefficient (Wildman–Crippen LogP) is 5.85. The van der Waals surface area contributed by atoms with Gasteiger partial charge in [-0.3, -0.25) is 4.79 Å². The molecule has 2 aromatic carbocycles. The zero-order valence-electron chi connectivity index (χ0n) is 18.0. The van der Waals surface area contributed by atoms with Crippen LogP contribution in [0.25, 0.3) is 0 Å². The molecule has 0 radical (unpaired) electrons. The lowest BCUT2D eigenvalue weighted by atomic mass is 10.0. The summed E-state index contributed by atoms with van der Waals surface area (Å²) in [5.74, 6) is 1.49. The van der Waals surface area contributed by atoms with Crippen molar-refractivity contribution < 1.29 is 4.79 Å². The largest absolute Gasteiger partial charge is 0.342 e. The van der Waals surface area contributed by atoms with Crippen LogP contribution in [0, 0.1) is 12.8 Å². The Bertz CT molecular complexity index is 1030. The van der Waals surface area contributed by atoms with Crippen LogP contribution in [0.4, 0.5) is 0 Å². The summed E-state index contributed by atoms with van der Waals surface area (Å²) in [4.78, 5) is 12.9. The third kappa shape index (κ3) is 5.99. The summed E-state index contributed by atoms with van der Waals surface area (Å²) in [7, 11) is 0. The summed E-state index contributed by atoms with van der Waals surface area (Å²) in [5, 5.41) is 13.5. The second-order valence-corrected chi connectivity index (χ2v) is 9.10. The van der Waals surface area contributed by atoms with Crippen molar-refractivity contribution in [2.75, 3.05) is 0 Å². The number of thioether (sulfide) groups is 1. The summed E-state index contributed by atoms with van der Waals surface area (Å²) in [6, 6.07) is 15.0. The highest BCUT2D eigenvalue weighted by Gasteiger charge is 2.26. The van der Waals surface area contributed by atoms with Crippen molar-refractivity contribution >= 4 is 29.3 Å². The number of allylic oxidation sites excluding steroid dienone is 1. The molecule has 1 N–H and O–H groups in total. The molecular formula is C24H27ClN4OS. The maximum Gasteiger partial charge on any atom is 0.251 e. The summed E-state index contributed by atoms with van der Waals surface area (Å²) in [6.07, 6.45) is 1.82. The van der Waals surface area contributed by atoms with Crippen molar-refractivity contribution in [2.45, 2.75) is 44.3 Å². The molecule has 31 heavy (non-hydrogen) atoms. The Labute approximate surface area is 192 Å². The third-order valence-electron chi connectivity index (χ3n) is 4.88. The van der Waals surface area contributed by atoms with Crippen molar-refractivity contribution in [2.24, 2.45) is 5.92 Å². The van der Waals surface area contributed by atoms with E-state index in [4.69, 9.17) is 11.6 Å². The van der Waals surface area contributed by atoms with Crippen LogP contribution in [-0.2, 0) is 12.3 Å². The molecule has 1 aromatic heterocycles. The van der Waals surface area contributed by atoms with Crippen LogP contribution in [0.2, 0.25) is 5.02 Å². The van der Waals surface area contributed by atoms with Gasteiger partial charge in [-0.05, 0) is 42.7 Å². The zero-order chi connectivity index (χ0) is 22.4. The van der Waals surface area contributed by atoms with Gasteiger partial charge in [-0.1, -0.05) is 73.1 Å². The van der Waals surface area contributed by atoms with Crippen LogP contribution < -0.4 is 5.32 Å². The van der Waals surface area contributed by atoms with Gasteiger partial charge in [0.2, 0.25) is 0 Å². The third-order valence-corrected chi connectivity index (χ3v) is 6.17. The molecule has 1 amide bonds. The van der Waals surface area contributed by atoms with E-state index in [9.17, 15) is 4.79 Å². The SMILES string of the molecule is C=CCn1c(SCc2ccc(Cl)cc2)nnc1[C@H](NC(=O)c1ccc(C)cc1)C(C)C. The Balaban J connectivity index is 1.82. The van der Waals surface area contributed by atoms with Gasteiger partial charge >= 0.3 is 0 Å². The lowest BCUT2D eigenvalue weighted by Crippen LogP contribution is -2.33. The number of hydrogen-bond donors (Lipinski definition) is 1. The second-order valence-electron chi connectivity index (χ2n) is 7.72. The molecule has 5 nitrogen and oxygen atoms in total. The smallest absolute Gasteiger partial charge is 0.251 e. The molecule has 0 fully saturated rings. The Hall–Kier alpha value is -2.57. The fourth-order valence-corrected chi connectivity index (χ4v) is 4.16. The molecule has 0 aliphatic rings. The second kappa shape index (κ2) is 10.6. The van der Waals surface area contributed by atoms with E-state index in [1.54, 1.807) is 11.8 Å². The molecule has 0 saturated heterocycles. The lowest BCUT2D eigenvalue weighted by molar-refractivity contribution is 0.0922. The first-order chi connectivity index (χ1) is 14.9. The molecule has 0 saturated carbocycles. The van der Waals surface area contributed by atoms with Gasteiger partial charge < -0.3 is 9.88 Å². The number of carbonyl (C=O) groups is 1. The number of amides is 1. The van der Waals surface area contributed by atoms with Gasteiger partial charge in [0.15, 0.2) is 11.0 Å². The topological polar surface area (TPSA) is 59.8 Å². The quantitative estimate of drug-likeness (QED) is 0.325. The number of halogens is 1. The first kappa shape index (κ1) is 23.1. The van der Waals surface area contributed by atoms with Crippen LogP contribution in [0.3, 0.4) is 0 Å². The first-order valence-electron chi connectivity index (χ1n) is 10.2. The molecule has 0 spiro atoms. The maximum atomic E-state index is 12.9. The lowest BCUT2D eigenvalue weighted by Gasteiger charge is -2.22. The minimum absolute atomic E-state index is 0.123. The number of rotatable bonds is 9. The first-order valence-corrected chi connectivity index (χ1v) is 11.5. The van der Waals surface area contributed by atoms with E-state index in [0.717, 1.165) is 32.9 Å². The average Bonchev–Trinajstić information content (AvgIpc) is 3.14. The van der Waals surface area contributed by atoms with Crippen LogP contribution in [-0.4, -0.2) is 20.7 Å². The summed E-state index contributed by atoms with van der Waals surface area (Å²) in [6.45, 7) is 10.6. The normalized spacial score (nSPS) is 12.0. The van der Waals surface area contributed by atoms with Crippen molar-refractivity contribution in [3.8, 4) is 0 Å². The molecule has 1 heterocycles. The predicted molar refractivity (Wildman–Crippen MR) is 127 cm³/mol. The van der Waals surface area contributed by atoms with Gasteiger partial charge in [-0.2, -0.15) is 0 Å². The minimum Gasteiger partial charge on any atom is -0.342 e. The van der Waals surface area contributed by atoms with E-state index >= 15 is 0 Å². The fourth-order valence-electron chi connectivity index (χ4n) is 3.12. The Morgan fingerprint density at radius 2 is 1.84 bits per heavy atom. The Morgan fingerprint density at radius 3 is 2.45 bits per heavy atom. The number of nitrogens with zero attached hydrogens (tertiary/aromatic N) is 3. The number of aromatic nitrogens is 3. The summed E-state index contributed by atoms with van der Waals surface area (Å²) < 4.78 is 2.02. The van der Waals surface area contributed by atoms with Gasteiger partial charge in [0.25, 0.3) is 5.91 Å². The zero-order valence-corrected chi connectivity index (χ0v) is 19.6. The highest BCUT2D eigenvalue weighted by molar-refractivity contribution is 7.98. The molecule has 7 heteroatoms. The van der Waals surface area contributed by atoms with Crippen molar-refractivity contribution in [3.05, 3.63) is 88.7 Å². The summed E-state index contributed by atoms with van der Waals surface area (Å²) in [5.41, 5.74) is 2.89. The van der Waals surface area contributed by atoms with E-state index in [0.29, 0.717) is 12.1 Å². The molecule has 3 aromatic rings. The van der Waals surface area contributed by atoms with Crippen molar-refractivity contribution in [3.63, 3.8) is 0 Å². The Kier molecular flexibility index (Phi) is 7.93. The number of hydrogen-bond acceptors (Lipinski definition) is 4. The molecular weight excluding hydrogens is 428 g/mol. The number of nitrogens with one attached hydrogen (secondary N) is 1. The molecule has 1 atom stereocenters. The number of aryl methyl sites for hydroxylation is 1. The Morgan fingerprint density at radius 1 is 1.16 bits per heavy atom. The van der Waals surface area contributed by atoms with Gasteiger partial charge in [0.1, 0.15) is 0 Å². The van der Waals surface area contributed by atoms with Gasteiger partial charge in [0, 0.05) is 22.9 Å².